The Morgan fingerprint density at radius 3 is 2.58 bits per heavy atom. The van der Waals surface area contributed by atoms with Crippen LogP contribution < -0.4 is 5.73 Å². The molecule has 0 atom stereocenters. The van der Waals surface area contributed by atoms with Crippen molar-refractivity contribution in [3.63, 3.8) is 0 Å². The quantitative estimate of drug-likeness (QED) is 0.830. The van der Waals surface area contributed by atoms with E-state index in [4.69, 9.17) is 10.8 Å². The number of rotatable bonds is 5. The fourth-order valence-corrected chi connectivity index (χ4v) is 2.15. The zero-order valence-electron chi connectivity index (χ0n) is 10.5. The van der Waals surface area contributed by atoms with Gasteiger partial charge in [0, 0.05) is 6.54 Å². The largest absolute Gasteiger partial charge is 0.478 e. The second kappa shape index (κ2) is 5.56. The molecule has 1 aromatic rings. The van der Waals surface area contributed by atoms with E-state index >= 15 is 0 Å². The molecule has 0 unspecified atom stereocenters. The molecule has 0 aliphatic carbocycles. The molecule has 1 heterocycles. The predicted molar refractivity (Wildman–Crippen MR) is 69.9 cm³/mol. The van der Waals surface area contributed by atoms with E-state index in [-0.39, 0.29) is 23.7 Å². The number of amides is 1. The molecule has 1 aromatic carbocycles. The van der Waals surface area contributed by atoms with Crippen molar-refractivity contribution in [3.8, 4) is 0 Å². The Bertz CT molecular complexity index is 523. The average molecular weight is 260 g/mol. The molecular weight excluding hydrogens is 244 g/mol. The number of carboxylic acid groups (broad SMARTS) is 1. The highest BCUT2D eigenvalue weighted by Crippen LogP contribution is 2.21. The van der Waals surface area contributed by atoms with Gasteiger partial charge in [0.15, 0.2) is 0 Å². The molecule has 0 saturated carbocycles. The van der Waals surface area contributed by atoms with E-state index < -0.39 is 5.97 Å². The van der Waals surface area contributed by atoms with E-state index in [1.807, 2.05) is 30.3 Å². The van der Waals surface area contributed by atoms with Crippen LogP contribution in [0.4, 0.5) is 0 Å². The zero-order chi connectivity index (χ0) is 13.8. The SMILES string of the molecule is NC1=C(C(=O)O)CC(=O)N1CCCc1ccccc1. The molecule has 2 rings (SSSR count). The Labute approximate surface area is 111 Å². The van der Waals surface area contributed by atoms with E-state index in [0.29, 0.717) is 6.54 Å². The van der Waals surface area contributed by atoms with Gasteiger partial charge in [0.1, 0.15) is 5.82 Å². The Hall–Kier alpha value is -2.30. The number of carbonyl (C=O) groups is 2. The number of benzene rings is 1. The molecule has 0 spiro atoms. The van der Waals surface area contributed by atoms with Crippen LogP contribution in [0.3, 0.4) is 0 Å². The third-order valence-electron chi connectivity index (χ3n) is 3.18. The van der Waals surface area contributed by atoms with Gasteiger partial charge in [0.05, 0.1) is 12.0 Å². The third-order valence-corrected chi connectivity index (χ3v) is 3.18. The fraction of sp³-hybridized carbons (Fsp3) is 0.286. The fourth-order valence-electron chi connectivity index (χ4n) is 2.15. The van der Waals surface area contributed by atoms with Gasteiger partial charge in [0.25, 0.3) is 0 Å². The van der Waals surface area contributed by atoms with Crippen LogP contribution in [0, 0.1) is 0 Å². The van der Waals surface area contributed by atoms with E-state index in [1.165, 1.54) is 10.5 Å². The van der Waals surface area contributed by atoms with Crippen LogP contribution in [0.1, 0.15) is 18.4 Å². The number of hydrogen-bond acceptors (Lipinski definition) is 3. The van der Waals surface area contributed by atoms with Crippen molar-refractivity contribution in [2.75, 3.05) is 6.54 Å². The summed E-state index contributed by atoms with van der Waals surface area (Å²) in [5, 5.41) is 8.91. The Balaban J connectivity index is 1.93. The lowest BCUT2D eigenvalue weighted by Gasteiger charge is -2.17. The minimum Gasteiger partial charge on any atom is -0.478 e. The maximum atomic E-state index is 11.7. The molecule has 100 valence electrons. The van der Waals surface area contributed by atoms with Gasteiger partial charge in [-0.05, 0) is 18.4 Å². The van der Waals surface area contributed by atoms with Crippen molar-refractivity contribution < 1.29 is 14.7 Å². The zero-order valence-corrected chi connectivity index (χ0v) is 10.5. The molecule has 5 nitrogen and oxygen atoms in total. The van der Waals surface area contributed by atoms with Crippen molar-refractivity contribution in [2.45, 2.75) is 19.3 Å². The van der Waals surface area contributed by atoms with Gasteiger partial charge >= 0.3 is 5.97 Å². The summed E-state index contributed by atoms with van der Waals surface area (Å²) < 4.78 is 0. The first-order valence-corrected chi connectivity index (χ1v) is 6.16. The number of aliphatic carboxylic acids is 1. The van der Waals surface area contributed by atoms with Gasteiger partial charge in [-0.2, -0.15) is 0 Å². The highest BCUT2D eigenvalue weighted by atomic mass is 16.4. The number of hydrogen-bond donors (Lipinski definition) is 2. The molecule has 1 amide bonds. The summed E-state index contributed by atoms with van der Waals surface area (Å²) in [6.45, 7) is 0.455. The molecule has 5 heteroatoms. The number of nitrogens with zero attached hydrogens (tertiary/aromatic N) is 1. The van der Waals surface area contributed by atoms with E-state index in [0.717, 1.165) is 12.8 Å². The van der Waals surface area contributed by atoms with E-state index in [2.05, 4.69) is 0 Å². The summed E-state index contributed by atoms with van der Waals surface area (Å²) in [7, 11) is 0. The van der Waals surface area contributed by atoms with Crippen molar-refractivity contribution in [2.24, 2.45) is 5.73 Å². The van der Waals surface area contributed by atoms with Gasteiger partial charge < -0.3 is 10.8 Å². The Morgan fingerprint density at radius 2 is 2.00 bits per heavy atom. The minimum absolute atomic E-state index is 0.00436. The van der Waals surface area contributed by atoms with Crippen LogP contribution in [0.25, 0.3) is 0 Å². The van der Waals surface area contributed by atoms with Crippen molar-refractivity contribution in [1.29, 1.82) is 0 Å². The molecule has 0 aromatic heterocycles. The molecule has 19 heavy (non-hydrogen) atoms. The van der Waals surface area contributed by atoms with Crippen LogP contribution in [0.5, 0.6) is 0 Å². The molecule has 0 bridgehead atoms. The highest BCUT2D eigenvalue weighted by Gasteiger charge is 2.31. The molecule has 1 aliphatic rings. The molecule has 0 saturated heterocycles. The topological polar surface area (TPSA) is 83.6 Å². The Morgan fingerprint density at radius 1 is 1.32 bits per heavy atom. The lowest BCUT2D eigenvalue weighted by Crippen LogP contribution is -2.30. The number of nitrogens with two attached hydrogens (primary N) is 1. The number of carboxylic acids is 1. The van der Waals surface area contributed by atoms with Gasteiger partial charge in [-0.3, -0.25) is 9.69 Å². The van der Waals surface area contributed by atoms with Gasteiger partial charge in [-0.15, -0.1) is 0 Å². The minimum atomic E-state index is -1.11. The van der Waals surface area contributed by atoms with Crippen LogP contribution in [-0.2, 0) is 16.0 Å². The first-order chi connectivity index (χ1) is 9.09. The van der Waals surface area contributed by atoms with E-state index in [9.17, 15) is 9.59 Å². The maximum Gasteiger partial charge on any atom is 0.335 e. The highest BCUT2D eigenvalue weighted by molar-refractivity contribution is 5.98. The third kappa shape index (κ3) is 2.93. The van der Waals surface area contributed by atoms with Crippen LogP contribution in [-0.4, -0.2) is 28.4 Å². The smallest absolute Gasteiger partial charge is 0.335 e. The number of carbonyl (C=O) groups excluding carboxylic acids is 1. The average Bonchev–Trinajstić information content (AvgIpc) is 2.68. The summed E-state index contributed by atoms with van der Waals surface area (Å²) >= 11 is 0. The lowest BCUT2D eigenvalue weighted by molar-refractivity contribution is -0.134. The maximum absolute atomic E-state index is 11.7. The first-order valence-electron chi connectivity index (χ1n) is 6.16. The summed E-state index contributed by atoms with van der Waals surface area (Å²) in [5.41, 5.74) is 6.89. The second-order valence-electron chi connectivity index (χ2n) is 4.48. The Kier molecular flexibility index (Phi) is 3.85. The van der Waals surface area contributed by atoms with Gasteiger partial charge in [-0.1, -0.05) is 30.3 Å². The summed E-state index contributed by atoms with van der Waals surface area (Å²) in [5.74, 6) is -1.26. The van der Waals surface area contributed by atoms with Crippen LogP contribution >= 0.6 is 0 Å². The van der Waals surface area contributed by atoms with Crippen molar-refractivity contribution in [3.05, 3.63) is 47.3 Å². The van der Waals surface area contributed by atoms with Gasteiger partial charge in [0.2, 0.25) is 5.91 Å². The summed E-state index contributed by atoms with van der Waals surface area (Å²) in [4.78, 5) is 23.9. The summed E-state index contributed by atoms with van der Waals surface area (Å²) in [6.07, 6.45) is 1.48. The predicted octanol–water partition coefficient (Wildman–Crippen LogP) is 1.11. The molecule has 1 aliphatic heterocycles. The first kappa shape index (κ1) is 13.1. The molecule has 0 radical (unpaired) electrons. The molecule has 0 fully saturated rings. The monoisotopic (exact) mass is 260 g/mol. The standard InChI is InChI=1S/C14H16N2O3/c15-13-11(14(18)19)9-12(17)16(13)8-4-7-10-5-2-1-3-6-10/h1-3,5-6H,4,7-9,15H2,(H,18,19). The van der Waals surface area contributed by atoms with E-state index in [1.54, 1.807) is 0 Å². The van der Waals surface area contributed by atoms with Crippen molar-refractivity contribution >= 4 is 11.9 Å². The lowest BCUT2D eigenvalue weighted by atomic mass is 10.1. The van der Waals surface area contributed by atoms with Crippen LogP contribution in [0.2, 0.25) is 0 Å². The molecule has 3 N–H and O–H groups in total. The van der Waals surface area contributed by atoms with Crippen molar-refractivity contribution in [1.82, 2.24) is 4.90 Å². The normalized spacial score (nSPS) is 15.2. The molecular formula is C14H16N2O3. The second-order valence-corrected chi connectivity index (χ2v) is 4.48. The number of aryl methyl sites for hydroxylation is 1. The summed E-state index contributed by atoms with van der Waals surface area (Å²) in [6, 6.07) is 9.93. The van der Waals surface area contributed by atoms with Crippen LogP contribution in [0.15, 0.2) is 41.7 Å². The van der Waals surface area contributed by atoms with Gasteiger partial charge in [-0.25, -0.2) is 4.79 Å².